The number of aliphatic carboxylic acids is 1. The zero-order valence-electron chi connectivity index (χ0n) is 13.4. The first-order valence-corrected chi connectivity index (χ1v) is 7.03. The van der Waals surface area contributed by atoms with Gasteiger partial charge >= 0.3 is 12.1 Å². The summed E-state index contributed by atoms with van der Waals surface area (Å²) in [5.41, 5.74) is 1.01. The van der Waals surface area contributed by atoms with Crippen molar-refractivity contribution in [1.29, 1.82) is 0 Å². The fourth-order valence-electron chi connectivity index (χ4n) is 1.51. The third-order valence-electron chi connectivity index (χ3n) is 2.18. The number of alkyl carbamates (subject to hydrolysis) is 1. The van der Waals surface area contributed by atoms with Crippen LogP contribution in [0, 0.1) is 0 Å². The second-order valence-corrected chi connectivity index (χ2v) is 5.25. The molecule has 0 aliphatic rings. The van der Waals surface area contributed by atoms with Crippen LogP contribution in [-0.2, 0) is 22.5 Å². The molecule has 0 spiro atoms. The molecule has 118 valence electrons. The van der Waals surface area contributed by atoms with Crippen molar-refractivity contribution in [2.45, 2.75) is 53.2 Å². The average Bonchev–Trinajstić information content (AvgIpc) is 2.36. The maximum atomic E-state index is 11.5. The van der Waals surface area contributed by atoms with E-state index < -0.39 is 17.7 Å². The van der Waals surface area contributed by atoms with E-state index in [4.69, 9.17) is 9.84 Å². The average molecular weight is 295 g/mol. The predicted molar refractivity (Wildman–Crippen MR) is 82.2 cm³/mol. The molecular formula is C16H25NO4. The molecule has 1 aromatic carbocycles. The highest BCUT2D eigenvalue weighted by molar-refractivity contribution is 5.70. The summed E-state index contributed by atoms with van der Waals surface area (Å²) in [4.78, 5) is 22.1. The van der Waals surface area contributed by atoms with Crippen molar-refractivity contribution in [2.75, 3.05) is 0 Å². The lowest BCUT2D eigenvalue weighted by Gasteiger charge is -2.19. The van der Waals surface area contributed by atoms with E-state index in [0.717, 1.165) is 5.56 Å². The van der Waals surface area contributed by atoms with Crippen molar-refractivity contribution < 1.29 is 19.4 Å². The van der Waals surface area contributed by atoms with Gasteiger partial charge in [0.15, 0.2) is 0 Å². The highest BCUT2D eigenvalue weighted by Crippen LogP contribution is 2.08. The van der Waals surface area contributed by atoms with Crippen LogP contribution in [0.25, 0.3) is 0 Å². The number of benzene rings is 1. The van der Waals surface area contributed by atoms with Gasteiger partial charge in [0.1, 0.15) is 5.60 Å². The number of ether oxygens (including phenoxy) is 1. The van der Waals surface area contributed by atoms with Crippen LogP contribution < -0.4 is 5.32 Å². The first-order valence-electron chi connectivity index (χ1n) is 7.03. The Morgan fingerprint density at radius 1 is 1.19 bits per heavy atom. The fraction of sp³-hybridized carbons (Fsp3) is 0.500. The molecule has 0 unspecified atom stereocenters. The monoisotopic (exact) mass is 295 g/mol. The van der Waals surface area contributed by atoms with Crippen LogP contribution >= 0.6 is 0 Å². The summed E-state index contributed by atoms with van der Waals surface area (Å²) >= 11 is 0. The van der Waals surface area contributed by atoms with Crippen molar-refractivity contribution in [1.82, 2.24) is 5.32 Å². The molecule has 1 rings (SSSR count). The van der Waals surface area contributed by atoms with E-state index in [1.807, 2.05) is 19.9 Å². The van der Waals surface area contributed by atoms with E-state index >= 15 is 0 Å². The van der Waals surface area contributed by atoms with Crippen molar-refractivity contribution in [3.8, 4) is 0 Å². The van der Waals surface area contributed by atoms with Crippen LogP contribution in [0.4, 0.5) is 4.79 Å². The van der Waals surface area contributed by atoms with Crippen molar-refractivity contribution in [2.24, 2.45) is 0 Å². The van der Waals surface area contributed by atoms with Gasteiger partial charge in [-0.1, -0.05) is 38.1 Å². The molecule has 5 heteroatoms. The smallest absolute Gasteiger partial charge is 0.407 e. The van der Waals surface area contributed by atoms with Crippen LogP contribution in [0.3, 0.4) is 0 Å². The van der Waals surface area contributed by atoms with Gasteiger partial charge in [-0.2, -0.15) is 0 Å². The number of carbonyl (C=O) groups is 2. The molecule has 0 aliphatic carbocycles. The molecular weight excluding hydrogens is 270 g/mol. The van der Waals surface area contributed by atoms with Gasteiger partial charge in [0.05, 0.1) is 6.42 Å². The van der Waals surface area contributed by atoms with E-state index in [1.54, 1.807) is 39.0 Å². The summed E-state index contributed by atoms with van der Waals surface area (Å²) in [5.74, 6) is -0.878. The summed E-state index contributed by atoms with van der Waals surface area (Å²) in [6.07, 6.45) is -0.517. The highest BCUT2D eigenvalue weighted by Gasteiger charge is 2.15. The minimum Gasteiger partial charge on any atom is -0.481 e. The van der Waals surface area contributed by atoms with Gasteiger partial charge in [-0.25, -0.2) is 4.79 Å². The normalized spacial score (nSPS) is 10.1. The molecule has 0 saturated carbocycles. The van der Waals surface area contributed by atoms with Gasteiger partial charge in [0.25, 0.3) is 0 Å². The number of hydrogen-bond donors (Lipinski definition) is 2. The Morgan fingerprint density at radius 3 is 2.29 bits per heavy atom. The van der Waals surface area contributed by atoms with Crippen LogP contribution in [0.1, 0.15) is 45.7 Å². The first kappa shape index (κ1) is 19.0. The number of rotatable bonds is 4. The minimum absolute atomic E-state index is 0.0275. The Bertz CT molecular complexity index is 464. The molecule has 0 atom stereocenters. The van der Waals surface area contributed by atoms with Crippen molar-refractivity contribution in [3.63, 3.8) is 0 Å². The summed E-state index contributed by atoms with van der Waals surface area (Å²) < 4.78 is 5.11. The van der Waals surface area contributed by atoms with Gasteiger partial charge < -0.3 is 15.2 Å². The molecule has 0 aromatic heterocycles. The summed E-state index contributed by atoms with van der Waals surface area (Å²) in [6.45, 7) is 9.68. The summed E-state index contributed by atoms with van der Waals surface area (Å²) in [7, 11) is 0. The lowest BCUT2D eigenvalue weighted by atomic mass is 10.1. The van der Waals surface area contributed by atoms with Crippen LogP contribution in [0.2, 0.25) is 0 Å². The topological polar surface area (TPSA) is 75.6 Å². The van der Waals surface area contributed by atoms with Crippen LogP contribution in [0.5, 0.6) is 0 Å². The lowest BCUT2D eigenvalue weighted by molar-refractivity contribution is -0.136. The van der Waals surface area contributed by atoms with Crippen molar-refractivity contribution >= 4 is 12.1 Å². The van der Waals surface area contributed by atoms with Gasteiger partial charge in [-0.15, -0.1) is 0 Å². The van der Waals surface area contributed by atoms with E-state index in [9.17, 15) is 9.59 Å². The molecule has 0 bridgehead atoms. The third kappa shape index (κ3) is 9.49. The number of nitrogens with one attached hydrogen (secondary N) is 1. The predicted octanol–water partition coefficient (Wildman–Crippen LogP) is 3.36. The van der Waals surface area contributed by atoms with Crippen LogP contribution in [0.15, 0.2) is 24.3 Å². The SMILES string of the molecule is CC.CC(C)(C)OC(=O)NCc1cccc(CC(=O)O)c1. The largest absolute Gasteiger partial charge is 0.481 e. The molecule has 0 heterocycles. The summed E-state index contributed by atoms with van der Waals surface area (Å²) in [5, 5.41) is 11.3. The number of carboxylic acid groups (broad SMARTS) is 1. The quantitative estimate of drug-likeness (QED) is 0.893. The summed E-state index contributed by atoms with van der Waals surface area (Å²) in [6, 6.07) is 7.09. The maximum absolute atomic E-state index is 11.5. The molecule has 0 aliphatic heterocycles. The molecule has 0 saturated heterocycles. The maximum Gasteiger partial charge on any atom is 0.407 e. The Labute approximate surface area is 126 Å². The van der Waals surface area contributed by atoms with E-state index in [1.165, 1.54) is 0 Å². The number of amides is 1. The molecule has 1 aromatic rings. The molecule has 0 radical (unpaired) electrons. The third-order valence-corrected chi connectivity index (χ3v) is 2.18. The van der Waals surface area contributed by atoms with Gasteiger partial charge in [-0.05, 0) is 31.9 Å². The zero-order valence-corrected chi connectivity index (χ0v) is 13.4. The standard InChI is InChI=1S/C14H19NO4.C2H6/c1-14(2,3)19-13(18)15-9-11-6-4-5-10(7-11)8-12(16)17;1-2/h4-7H,8-9H2,1-3H3,(H,15,18)(H,16,17);1-2H3. The second-order valence-electron chi connectivity index (χ2n) is 5.25. The highest BCUT2D eigenvalue weighted by atomic mass is 16.6. The number of hydrogen-bond acceptors (Lipinski definition) is 3. The van der Waals surface area contributed by atoms with E-state index in [2.05, 4.69) is 5.32 Å². The number of carboxylic acids is 1. The zero-order chi connectivity index (χ0) is 16.5. The molecule has 1 amide bonds. The Hall–Kier alpha value is -2.04. The molecule has 0 fully saturated rings. The number of carbonyl (C=O) groups excluding carboxylic acids is 1. The van der Waals surface area contributed by atoms with E-state index in [-0.39, 0.29) is 6.42 Å². The lowest BCUT2D eigenvalue weighted by Crippen LogP contribution is -2.32. The Balaban J connectivity index is 0.00000191. The van der Waals surface area contributed by atoms with E-state index in [0.29, 0.717) is 12.1 Å². The minimum atomic E-state index is -0.878. The Morgan fingerprint density at radius 2 is 1.76 bits per heavy atom. The van der Waals surface area contributed by atoms with Gasteiger partial charge in [0.2, 0.25) is 0 Å². The molecule has 5 nitrogen and oxygen atoms in total. The van der Waals surface area contributed by atoms with Crippen LogP contribution in [-0.4, -0.2) is 22.8 Å². The van der Waals surface area contributed by atoms with Gasteiger partial charge in [0, 0.05) is 6.54 Å². The Kier molecular flexibility index (Phi) is 8.12. The fourth-order valence-corrected chi connectivity index (χ4v) is 1.51. The first-order chi connectivity index (χ1) is 9.76. The molecule has 2 N–H and O–H groups in total. The van der Waals surface area contributed by atoms with Crippen molar-refractivity contribution in [3.05, 3.63) is 35.4 Å². The molecule has 21 heavy (non-hydrogen) atoms. The van der Waals surface area contributed by atoms with Gasteiger partial charge in [-0.3, -0.25) is 4.79 Å². The second kappa shape index (κ2) is 9.00.